The van der Waals surface area contributed by atoms with Crippen LogP contribution in [0.3, 0.4) is 0 Å². The minimum atomic E-state index is 0.860. The summed E-state index contributed by atoms with van der Waals surface area (Å²) in [6.45, 7) is 5.22. The number of hydrogen-bond donors (Lipinski definition) is 0. The number of hydrogen-bond acceptors (Lipinski definition) is 0. The third-order valence-corrected chi connectivity index (χ3v) is 4.32. The topological polar surface area (TPSA) is 9.86 Å². The second-order valence-corrected chi connectivity index (χ2v) is 5.69. The number of fused-ring (bicyclic) bond motifs is 2. The molecule has 21 heavy (non-hydrogen) atoms. The van der Waals surface area contributed by atoms with E-state index in [9.17, 15) is 0 Å². The summed E-state index contributed by atoms with van der Waals surface area (Å²) in [7, 11) is 0. The van der Waals surface area contributed by atoms with E-state index in [4.69, 9.17) is 0 Å². The zero-order chi connectivity index (χ0) is 14.4. The van der Waals surface area contributed by atoms with Crippen molar-refractivity contribution in [1.82, 2.24) is 9.13 Å². The minimum Gasteiger partial charge on any atom is -0.326 e. The summed E-state index contributed by atoms with van der Waals surface area (Å²) in [4.78, 5) is 0. The Bertz CT molecular complexity index is 863. The van der Waals surface area contributed by atoms with Crippen molar-refractivity contribution in [2.24, 2.45) is 0 Å². The highest BCUT2D eigenvalue weighted by Gasteiger charge is 2.09. The lowest BCUT2D eigenvalue weighted by Gasteiger charge is -2.13. The molecule has 0 N–H and O–H groups in total. The van der Waals surface area contributed by atoms with E-state index < -0.39 is 0 Å². The molecule has 0 bridgehead atoms. The molecule has 104 valence electrons. The highest BCUT2D eigenvalue weighted by Crippen LogP contribution is 2.23. The van der Waals surface area contributed by atoms with Gasteiger partial charge in [-0.25, -0.2) is 0 Å². The maximum absolute atomic E-state index is 2.38. The average molecular weight is 274 g/mol. The lowest BCUT2D eigenvalue weighted by Crippen LogP contribution is -2.10. The molecule has 0 aliphatic heterocycles. The van der Waals surface area contributed by atoms with E-state index >= 15 is 0 Å². The van der Waals surface area contributed by atoms with E-state index in [1.54, 1.807) is 0 Å². The van der Waals surface area contributed by atoms with Crippen LogP contribution in [0.15, 0.2) is 60.7 Å². The Morgan fingerprint density at radius 3 is 1.57 bits per heavy atom. The first-order chi connectivity index (χ1) is 10.2. The Kier molecular flexibility index (Phi) is 2.64. The van der Waals surface area contributed by atoms with E-state index in [1.165, 1.54) is 33.2 Å². The lowest BCUT2D eigenvalue weighted by atomic mass is 10.2. The van der Waals surface area contributed by atoms with Crippen LogP contribution in [-0.4, -0.2) is 9.13 Å². The summed E-state index contributed by atoms with van der Waals surface area (Å²) in [6.07, 6.45) is 0. The van der Waals surface area contributed by atoms with Gasteiger partial charge in [-0.15, -0.1) is 0 Å². The van der Waals surface area contributed by atoms with E-state index in [0.29, 0.717) is 0 Å². The maximum atomic E-state index is 2.38. The molecule has 0 saturated carbocycles. The van der Waals surface area contributed by atoms with Crippen LogP contribution >= 0.6 is 0 Å². The van der Waals surface area contributed by atoms with Crippen LogP contribution in [0.2, 0.25) is 0 Å². The molecule has 0 spiro atoms. The molecule has 0 aliphatic carbocycles. The summed E-state index contributed by atoms with van der Waals surface area (Å²) >= 11 is 0. The molecule has 0 saturated heterocycles. The standard InChI is InChI=1S/C19H18N2/c1-14-11-16-7-3-5-9-18(16)20(14)13-21-15(2)12-17-8-4-6-10-19(17)21/h3-12H,13H2,1-2H3. The zero-order valence-electron chi connectivity index (χ0n) is 12.4. The molecule has 2 aromatic carbocycles. The van der Waals surface area contributed by atoms with Gasteiger partial charge >= 0.3 is 0 Å². The fourth-order valence-electron chi connectivity index (χ4n) is 3.21. The van der Waals surface area contributed by atoms with Crippen LogP contribution in [0.4, 0.5) is 0 Å². The number of rotatable bonds is 2. The summed E-state index contributed by atoms with van der Waals surface area (Å²) in [5.74, 6) is 0. The van der Waals surface area contributed by atoms with Gasteiger partial charge in [0.05, 0.1) is 6.67 Å². The Hall–Kier alpha value is -2.48. The Balaban J connectivity index is 1.91. The van der Waals surface area contributed by atoms with E-state index in [-0.39, 0.29) is 0 Å². The number of aromatic nitrogens is 2. The van der Waals surface area contributed by atoms with Crippen LogP contribution in [0.1, 0.15) is 11.4 Å². The SMILES string of the molecule is Cc1cc2ccccc2n1Cn1c(C)cc2ccccc21. The van der Waals surface area contributed by atoms with Gasteiger partial charge in [0.1, 0.15) is 0 Å². The van der Waals surface area contributed by atoms with Crippen molar-refractivity contribution < 1.29 is 0 Å². The van der Waals surface area contributed by atoms with E-state index in [1.807, 2.05) is 0 Å². The molecule has 0 amide bonds. The van der Waals surface area contributed by atoms with E-state index in [2.05, 4.69) is 83.6 Å². The number of benzene rings is 2. The largest absolute Gasteiger partial charge is 0.326 e. The lowest BCUT2D eigenvalue weighted by molar-refractivity contribution is 0.620. The van der Waals surface area contributed by atoms with Gasteiger partial charge in [-0.3, -0.25) is 0 Å². The molecule has 2 heteroatoms. The van der Waals surface area contributed by atoms with Gasteiger partial charge < -0.3 is 9.13 Å². The van der Waals surface area contributed by atoms with E-state index in [0.717, 1.165) is 6.67 Å². The number of nitrogens with zero attached hydrogens (tertiary/aromatic N) is 2. The van der Waals surface area contributed by atoms with Gasteiger partial charge in [-0.2, -0.15) is 0 Å². The maximum Gasteiger partial charge on any atom is 0.0993 e. The monoisotopic (exact) mass is 274 g/mol. The van der Waals surface area contributed by atoms with Gasteiger partial charge in [0.15, 0.2) is 0 Å². The highest BCUT2D eigenvalue weighted by molar-refractivity contribution is 5.82. The van der Waals surface area contributed by atoms with Crippen LogP contribution in [0.25, 0.3) is 21.8 Å². The van der Waals surface area contributed by atoms with Gasteiger partial charge in [0, 0.05) is 22.4 Å². The normalized spacial score (nSPS) is 11.5. The molecule has 4 rings (SSSR count). The van der Waals surface area contributed by atoms with Crippen LogP contribution < -0.4 is 0 Å². The fraction of sp³-hybridized carbons (Fsp3) is 0.158. The van der Waals surface area contributed by atoms with Crippen molar-refractivity contribution in [2.75, 3.05) is 0 Å². The van der Waals surface area contributed by atoms with Gasteiger partial charge in [-0.05, 0) is 48.9 Å². The average Bonchev–Trinajstić information content (AvgIpc) is 2.97. The zero-order valence-corrected chi connectivity index (χ0v) is 12.4. The molecule has 2 aromatic heterocycles. The van der Waals surface area contributed by atoms with Crippen molar-refractivity contribution in [3.63, 3.8) is 0 Å². The van der Waals surface area contributed by atoms with Crippen molar-refractivity contribution in [2.45, 2.75) is 20.5 Å². The number of para-hydroxylation sites is 2. The first-order valence-corrected chi connectivity index (χ1v) is 7.34. The molecule has 2 nitrogen and oxygen atoms in total. The summed E-state index contributed by atoms with van der Waals surface area (Å²) in [5, 5.41) is 2.62. The van der Waals surface area contributed by atoms with Crippen LogP contribution in [-0.2, 0) is 6.67 Å². The molecule has 0 fully saturated rings. The Labute approximate surface area is 124 Å². The molecule has 0 aliphatic rings. The van der Waals surface area contributed by atoms with Crippen LogP contribution in [0, 0.1) is 13.8 Å². The molecule has 0 unspecified atom stereocenters. The van der Waals surface area contributed by atoms with Gasteiger partial charge in [0.25, 0.3) is 0 Å². The van der Waals surface area contributed by atoms with Gasteiger partial charge in [0.2, 0.25) is 0 Å². The highest BCUT2D eigenvalue weighted by atomic mass is 15.2. The smallest absolute Gasteiger partial charge is 0.0993 e. The first kappa shape index (κ1) is 12.3. The van der Waals surface area contributed by atoms with Crippen molar-refractivity contribution in [3.8, 4) is 0 Å². The van der Waals surface area contributed by atoms with Crippen molar-refractivity contribution in [1.29, 1.82) is 0 Å². The summed E-state index contributed by atoms with van der Waals surface area (Å²) < 4.78 is 4.77. The molecule has 0 atom stereocenters. The molecular formula is C19H18N2. The third-order valence-electron chi connectivity index (χ3n) is 4.32. The predicted octanol–water partition coefficient (Wildman–Crippen LogP) is 4.72. The second-order valence-electron chi connectivity index (χ2n) is 5.69. The molecule has 4 aromatic rings. The Morgan fingerprint density at radius 1 is 0.667 bits per heavy atom. The van der Waals surface area contributed by atoms with Crippen LogP contribution in [0.5, 0.6) is 0 Å². The third kappa shape index (κ3) is 1.87. The van der Waals surface area contributed by atoms with Crippen molar-refractivity contribution >= 4 is 21.8 Å². The number of aryl methyl sites for hydroxylation is 2. The predicted molar refractivity (Wildman–Crippen MR) is 88.7 cm³/mol. The second kappa shape index (κ2) is 4.52. The summed E-state index contributed by atoms with van der Waals surface area (Å²) in [6, 6.07) is 21.7. The molecular weight excluding hydrogens is 256 g/mol. The molecule has 2 heterocycles. The van der Waals surface area contributed by atoms with Crippen molar-refractivity contribution in [3.05, 3.63) is 72.1 Å². The summed E-state index contributed by atoms with van der Waals surface area (Å²) in [5.41, 5.74) is 5.20. The minimum absolute atomic E-state index is 0.860. The Morgan fingerprint density at radius 2 is 1.10 bits per heavy atom. The molecule has 0 radical (unpaired) electrons. The van der Waals surface area contributed by atoms with Gasteiger partial charge in [-0.1, -0.05) is 36.4 Å². The fourth-order valence-corrected chi connectivity index (χ4v) is 3.21. The first-order valence-electron chi connectivity index (χ1n) is 7.34. The quantitative estimate of drug-likeness (QED) is 0.500.